The Morgan fingerprint density at radius 3 is 2.31 bits per heavy atom. The molecule has 0 bridgehead atoms. The molecule has 4 nitrogen and oxygen atoms in total. The molecule has 0 spiro atoms. The van der Waals surface area contributed by atoms with E-state index in [2.05, 4.69) is 31.9 Å². The first-order valence-electron chi connectivity index (χ1n) is 3.08. The Hall–Kier alpha value is -0.750. The van der Waals surface area contributed by atoms with Crippen molar-refractivity contribution in [3.05, 3.63) is 20.6 Å². The maximum Gasteiger partial charge on any atom is 0.338 e. The van der Waals surface area contributed by atoms with Crippen LogP contribution >= 0.6 is 31.9 Å². The molecule has 3 N–H and O–H groups in total. The van der Waals surface area contributed by atoms with E-state index in [9.17, 15) is 9.90 Å². The number of carboxylic acid groups (broad SMARTS) is 1. The summed E-state index contributed by atoms with van der Waals surface area (Å²) in [5, 5.41) is 27.0. The van der Waals surface area contributed by atoms with Crippen LogP contribution in [0.25, 0.3) is 0 Å². The Bertz CT molecular complexity index is 375. The first-order valence-corrected chi connectivity index (χ1v) is 4.67. The van der Waals surface area contributed by atoms with Gasteiger partial charge in [0.1, 0.15) is 0 Å². The minimum atomic E-state index is -1.20. The van der Waals surface area contributed by atoms with Crippen molar-refractivity contribution in [2.75, 3.05) is 0 Å². The van der Waals surface area contributed by atoms with E-state index in [0.29, 0.717) is 0 Å². The van der Waals surface area contributed by atoms with Crippen molar-refractivity contribution in [2.45, 2.75) is 0 Å². The van der Waals surface area contributed by atoms with E-state index in [1.165, 1.54) is 0 Å². The fourth-order valence-corrected chi connectivity index (χ4v) is 2.23. The largest absolute Gasteiger partial charge is 0.504 e. The standard InChI is InChI=1S/C7H4Br2O4/c8-2-1-3(10)6(11)5(9)4(2)7(12)13/h1,10-11H,(H,12,13). The molecular formula is C7H4Br2O4. The van der Waals surface area contributed by atoms with Gasteiger partial charge in [-0.05, 0) is 37.9 Å². The summed E-state index contributed by atoms with van der Waals surface area (Å²) in [7, 11) is 0. The number of carbonyl (C=O) groups is 1. The van der Waals surface area contributed by atoms with E-state index in [4.69, 9.17) is 10.2 Å². The summed E-state index contributed by atoms with van der Waals surface area (Å²) < 4.78 is 0.147. The molecule has 0 unspecified atom stereocenters. The molecule has 1 aromatic rings. The van der Waals surface area contributed by atoms with E-state index in [-0.39, 0.29) is 20.3 Å². The average Bonchev–Trinajstić information content (AvgIpc) is 1.99. The van der Waals surface area contributed by atoms with Crippen molar-refractivity contribution >= 4 is 37.8 Å². The zero-order chi connectivity index (χ0) is 10.2. The third-order valence-electron chi connectivity index (χ3n) is 1.39. The maximum absolute atomic E-state index is 10.7. The zero-order valence-corrected chi connectivity index (χ0v) is 9.26. The number of phenols is 2. The second kappa shape index (κ2) is 3.55. The van der Waals surface area contributed by atoms with E-state index in [1.54, 1.807) is 0 Å². The minimum Gasteiger partial charge on any atom is -0.504 e. The van der Waals surface area contributed by atoms with Crippen molar-refractivity contribution in [1.82, 2.24) is 0 Å². The molecule has 0 aliphatic rings. The molecule has 0 saturated carbocycles. The minimum absolute atomic E-state index is 0.0492. The smallest absolute Gasteiger partial charge is 0.338 e. The Kier molecular flexibility index (Phi) is 2.82. The number of benzene rings is 1. The predicted octanol–water partition coefficient (Wildman–Crippen LogP) is 2.32. The van der Waals surface area contributed by atoms with Crippen molar-refractivity contribution in [3.63, 3.8) is 0 Å². The van der Waals surface area contributed by atoms with Gasteiger partial charge in [0.25, 0.3) is 0 Å². The van der Waals surface area contributed by atoms with Crippen LogP contribution in [0.3, 0.4) is 0 Å². The maximum atomic E-state index is 10.7. The Morgan fingerprint density at radius 1 is 1.31 bits per heavy atom. The third-order valence-corrected chi connectivity index (χ3v) is 2.78. The molecule has 1 aromatic carbocycles. The molecule has 0 radical (unpaired) electrons. The van der Waals surface area contributed by atoms with Gasteiger partial charge in [0.15, 0.2) is 11.5 Å². The highest BCUT2D eigenvalue weighted by Crippen LogP contribution is 2.40. The lowest BCUT2D eigenvalue weighted by molar-refractivity contribution is 0.0694. The number of hydrogen-bond donors (Lipinski definition) is 3. The molecule has 0 amide bonds. The Morgan fingerprint density at radius 2 is 1.85 bits per heavy atom. The van der Waals surface area contributed by atoms with Crippen LogP contribution in [0.15, 0.2) is 15.0 Å². The fraction of sp³-hybridized carbons (Fsp3) is 0. The SMILES string of the molecule is O=C(O)c1c(Br)cc(O)c(O)c1Br. The van der Waals surface area contributed by atoms with Crippen LogP contribution in [0.1, 0.15) is 10.4 Å². The molecule has 0 fully saturated rings. The number of aromatic hydroxyl groups is 2. The van der Waals surface area contributed by atoms with Crippen molar-refractivity contribution < 1.29 is 20.1 Å². The van der Waals surface area contributed by atoms with Gasteiger partial charge < -0.3 is 15.3 Å². The van der Waals surface area contributed by atoms with E-state index < -0.39 is 11.7 Å². The predicted molar refractivity (Wildman–Crippen MR) is 52.1 cm³/mol. The van der Waals surface area contributed by atoms with E-state index in [1.807, 2.05) is 0 Å². The fourth-order valence-electron chi connectivity index (χ4n) is 0.792. The van der Waals surface area contributed by atoms with Crippen LogP contribution in [0, 0.1) is 0 Å². The van der Waals surface area contributed by atoms with Gasteiger partial charge in [-0.3, -0.25) is 0 Å². The third kappa shape index (κ3) is 1.78. The molecule has 0 heterocycles. The normalized spacial score (nSPS) is 10.0. The van der Waals surface area contributed by atoms with Gasteiger partial charge in [0.05, 0.1) is 10.0 Å². The summed E-state index contributed by atoms with van der Waals surface area (Å²) >= 11 is 5.81. The monoisotopic (exact) mass is 310 g/mol. The first-order chi connectivity index (χ1) is 5.95. The second-order valence-electron chi connectivity index (χ2n) is 2.22. The summed E-state index contributed by atoms with van der Waals surface area (Å²) in [4.78, 5) is 10.7. The lowest BCUT2D eigenvalue weighted by Gasteiger charge is -2.05. The lowest BCUT2D eigenvalue weighted by atomic mass is 10.2. The first kappa shape index (κ1) is 10.3. The lowest BCUT2D eigenvalue weighted by Crippen LogP contribution is -1.99. The molecule has 0 aliphatic heterocycles. The van der Waals surface area contributed by atoms with Crippen LogP contribution < -0.4 is 0 Å². The number of aromatic carboxylic acids is 1. The van der Waals surface area contributed by atoms with Crippen molar-refractivity contribution in [1.29, 1.82) is 0 Å². The quantitative estimate of drug-likeness (QED) is 0.696. The summed E-state index contributed by atoms with van der Waals surface area (Å²) in [6.45, 7) is 0. The van der Waals surface area contributed by atoms with E-state index in [0.717, 1.165) is 6.07 Å². The summed E-state index contributed by atoms with van der Waals surface area (Å²) in [5.41, 5.74) is -0.129. The van der Waals surface area contributed by atoms with Gasteiger partial charge in [0, 0.05) is 4.47 Å². The second-order valence-corrected chi connectivity index (χ2v) is 3.87. The highest BCUT2D eigenvalue weighted by molar-refractivity contribution is 9.11. The van der Waals surface area contributed by atoms with E-state index >= 15 is 0 Å². The molecule has 0 aromatic heterocycles. The van der Waals surface area contributed by atoms with Crippen LogP contribution in [0.2, 0.25) is 0 Å². The topological polar surface area (TPSA) is 77.8 Å². The number of rotatable bonds is 1. The highest BCUT2D eigenvalue weighted by Gasteiger charge is 2.19. The summed E-state index contributed by atoms with van der Waals surface area (Å²) in [6.07, 6.45) is 0. The van der Waals surface area contributed by atoms with Crippen LogP contribution in [0.5, 0.6) is 11.5 Å². The van der Waals surface area contributed by atoms with Crippen molar-refractivity contribution in [2.24, 2.45) is 0 Å². The van der Waals surface area contributed by atoms with Gasteiger partial charge in [-0.25, -0.2) is 4.79 Å². The van der Waals surface area contributed by atoms with Gasteiger partial charge in [-0.15, -0.1) is 0 Å². The summed E-state index contributed by atoms with van der Waals surface area (Å²) in [5.74, 6) is -2.07. The molecular weight excluding hydrogens is 308 g/mol. The highest BCUT2D eigenvalue weighted by atomic mass is 79.9. The van der Waals surface area contributed by atoms with Gasteiger partial charge in [-0.2, -0.15) is 0 Å². The van der Waals surface area contributed by atoms with Gasteiger partial charge in [-0.1, -0.05) is 0 Å². The number of phenolic OH excluding ortho intramolecular Hbond substituents is 2. The molecule has 0 saturated heterocycles. The number of halogens is 2. The number of hydrogen-bond acceptors (Lipinski definition) is 3. The average molecular weight is 312 g/mol. The molecule has 6 heteroatoms. The number of carboxylic acids is 1. The van der Waals surface area contributed by atoms with Crippen molar-refractivity contribution in [3.8, 4) is 11.5 Å². The zero-order valence-electron chi connectivity index (χ0n) is 6.08. The van der Waals surface area contributed by atoms with Crippen LogP contribution in [-0.4, -0.2) is 21.3 Å². The molecule has 0 aliphatic carbocycles. The molecule has 13 heavy (non-hydrogen) atoms. The molecule has 70 valence electrons. The van der Waals surface area contributed by atoms with Gasteiger partial charge in [0.2, 0.25) is 0 Å². The van der Waals surface area contributed by atoms with Gasteiger partial charge >= 0.3 is 5.97 Å². The summed E-state index contributed by atoms with van der Waals surface area (Å²) in [6, 6.07) is 1.11. The molecule has 1 rings (SSSR count). The Balaban J connectivity index is 3.53. The van der Waals surface area contributed by atoms with Crippen LogP contribution in [0.4, 0.5) is 0 Å². The van der Waals surface area contributed by atoms with Crippen LogP contribution in [-0.2, 0) is 0 Å². The Labute approximate surface area is 90.1 Å². The molecule has 0 atom stereocenters.